The van der Waals surface area contributed by atoms with Crippen molar-refractivity contribution in [2.45, 2.75) is 69.9 Å². The Hall–Kier alpha value is -4.17. The maximum absolute atomic E-state index is 13.7. The van der Waals surface area contributed by atoms with Gasteiger partial charge in [-0.1, -0.05) is 60.7 Å². The number of allylic oxidation sites excluding steroid dienone is 2. The summed E-state index contributed by atoms with van der Waals surface area (Å²) < 4.78 is 5.95. The number of aromatic nitrogens is 1. The summed E-state index contributed by atoms with van der Waals surface area (Å²) >= 11 is 0. The van der Waals surface area contributed by atoms with E-state index in [0.29, 0.717) is 32.2 Å². The number of amides is 2. The van der Waals surface area contributed by atoms with Crippen LogP contribution in [0.1, 0.15) is 56.1 Å². The summed E-state index contributed by atoms with van der Waals surface area (Å²) in [5.74, 6) is -1.65. The van der Waals surface area contributed by atoms with Crippen molar-refractivity contribution in [1.29, 1.82) is 0 Å². The second-order valence-electron chi connectivity index (χ2n) is 12.0. The lowest BCUT2D eigenvalue weighted by Crippen LogP contribution is -2.45. The zero-order valence-corrected chi connectivity index (χ0v) is 26.2. The number of unbranched alkanes of at least 4 members (excludes halogenated alkanes) is 1. The van der Waals surface area contributed by atoms with E-state index in [0.717, 1.165) is 47.7 Å². The molecule has 2 heterocycles. The van der Waals surface area contributed by atoms with E-state index < -0.39 is 12.0 Å². The molecule has 3 N–H and O–H groups in total. The standard InChI is InChI=1S/C37H47N3O5/c1-3-5-7-16-29(21-27-14-8-6-9-15-27)37(44)45-26-31(22-30-24-38-34-19-11-10-18-33(30)34)39-36(43)28(13-4-2)23-35(42)40-20-12-17-32(40)25-41/h3-4,6,8-11,14-15,18-19,24,28-29,31-32,38,41H,1-2,5,7,12-13,16-17,20-23,25-26H2,(H,39,43)/t28-,29+,31-,32-/m0/s1. The van der Waals surface area contributed by atoms with E-state index in [1.54, 1.807) is 11.0 Å². The van der Waals surface area contributed by atoms with Crippen molar-refractivity contribution in [3.63, 3.8) is 0 Å². The van der Waals surface area contributed by atoms with Gasteiger partial charge >= 0.3 is 5.97 Å². The Kier molecular flexibility index (Phi) is 13.0. The summed E-state index contributed by atoms with van der Waals surface area (Å²) in [4.78, 5) is 45.3. The van der Waals surface area contributed by atoms with Crippen molar-refractivity contribution in [3.05, 3.63) is 97.2 Å². The first-order valence-corrected chi connectivity index (χ1v) is 16.1. The molecule has 0 spiro atoms. The molecule has 0 radical (unpaired) electrons. The normalized spacial score (nSPS) is 16.6. The van der Waals surface area contributed by atoms with Gasteiger partial charge in [0.2, 0.25) is 11.8 Å². The summed E-state index contributed by atoms with van der Waals surface area (Å²) in [6, 6.07) is 17.1. The number of ether oxygens (including phenoxy) is 1. The monoisotopic (exact) mass is 613 g/mol. The minimum atomic E-state index is -0.624. The fraction of sp³-hybridized carbons (Fsp3) is 0.432. The number of H-pyrrole nitrogens is 1. The second kappa shape index (κ2) is 17.4. The molecule has 1 aromatic heterocycles. The molecule has 4 rings (SSSR count). The number of likely N-dealkylation sites (tertiary alicyclic amines) is 1. The van der Waals surface area contributed by atoms with Crippen LogP contribution in [0.15, 0.2) is 86.1 Å². The van der Waals surface area contributed by atoms with Crippen LogP contribution in [0.25, 0.3) is 10.9 Å². The molecule has 45 heavy (non-hydrogen) atoms. The Morgan fingerprint density at radius 3 is 2.58 bits per heavy atom. The van der Waals surface area contributed by atoms with Crippen LogP contribution in [0.2, 0.25) is 0 Å². The lowest BCUT2D eigenvalue weighted by molar-refractivity contribution is -0.150. The van der Waals surface area contributed by atoms with Crippen LogP contribution in [0.3, 0.4) is 0 Å². The highest BCUT2D eigenvalue weighted by atomic mass is 16.5. The fourth-order valence-electron chi connectivity index (χ4n) is 6.21. The maximum atomic E-state index is 13.7. The van der Waals surface area contributed by atoms with Gasteiger partial charge < -0.3 is 25.0 Å². The van der Waals surface area contributed by atoms with Crippen LogP contribution >= 0.6 is 0 Å². The minimum Gasteiger partial charge on any atom is -0.463 e. The van der Waals surface area contributed by atoms with E-state index in [9.17, 15) is 19.5 Å². The number of carbonyl (C=O) groups excluding carboxylic acids is 3. The molecular weight excluding hydrogens is 566 g/mol. The molecule has 3 aromatic rings. The number of rotatable bonds is 18. The third-order valence-electron chi connectivity index (χ3n) is 8.68. The molecule has 240 valence electrons. The van der Waals surface area contributed by atoms with Gasteiger partial charge in [-0.05, 0) is 68.6 Å². The highest BCUT2D eigenvalue weighted by Crippen LogP contribution is 2.23. The van der Waals surface area contributed by atoms with Gasteiger partial charge in [0.25, 0.3) is 0 Å². The number of benzene rings is 2. The summed E-state index contributed by atoms with van der Waals surface area (Å²) in [5.41, 5.74) is 3.05. The highest BCUT2D eigenvalue weighted by molar-refractivity contribution is 5.87. The molecule has 8 nitrogen and oxygen atoms in total. The molecule has 8 heteroatoms. The van der Waals surface area contributed by atoms with Crippen LogP contribution in [0, 0.1) is 11.8 Å². The van der Waals surface area contributed by atoms with Gasteiger partial charge in [0.15, 0.2) is 0 Å². The molecule has 1 aliphatic heterocycles. The zero-order valence-electron chi connectivity index (χ0n) is 26.2. The predicted molar refractivity (Wildman–Crippen MR) is 177 cm³/mol. The number of fused-ring (bicyclic) bond motifs is 1. The van der Waals surface area contributed by atoms with Gasteiger partial charge in [-0.3, -0.25) is 14.4 Å². The summed E-state index contributed by atoms with van der Waals surface area (Å²) in [5, 5.41) is 13.8. The Morgan fingerprint density at radius 1 is 1.04 bits per heavy atom. The van der Waals surface area contributed by atoms with Crippen molar-refractivity contribution < 1.29 is 24.2 Å². The summed E-state index contributed by atoms with van der Waals surface area (Å²) in [7, 11) is 0. The molecule has 2 amide bonds. The number of hydrogen-bond donors (Lipinski definition) is 3. The van der Waals surface area contributed by atoms with E-state index in [-0.39, 0.29) is 49.4 Å². The van der Waals surface area contributed by atoms with Crippen LogP contribution < -0.4 is 5.32 Å². The quantitative estimate of drug-likeness (QED) is 0.0994. The van der Waals surface area contributed by atoms with E-state index >= 15 is 0 Å². The summed E-state index contributed by atoms with van der Waals surface area (Å²) in [6.45, 7) is 8.13. The lowest BCUT2D eigenvalue weighted by atomic mass is 9.94. The predicted octanol–water partition coefficient (Wildman–Crippen LogP) is 5.52. The number of nitrogens with one attached hydrogen (secondary N) is 2. The minimum absolute atomic E-state index is 0.00426. The van der Waals surface area contributed by atoms with E-state index in [1.807, 2.05) is 66.9 Å². The number of hydrogen-bond acceptors (Lipinski definition) is 5. The van der Waals surface area contributed by atoms with Crippen LogP contribution in [0.4, 0.5) is 0 Å². The average molecular weight is 614 g/mol. The first kappa shape index (κ1) is 33.7. The molecule has 1 aliphatic rings. The molecular formula is C37H47N3O5. The van der Waals surface area contributed by atoms with E-state index in [2.05, 4.69) is 23.5 Å². The van der Waals surface area contributed by atoms with Gasteiger partial charge in [0, 0.05) is 30.1 Å². The Morgan fingerprint density at radius 2 is 1.82 bits per heavy atom. The van der Waals surface area contributed by atoms with E-state index in [4.69, 9.17) is 4.74 Å². The second-order valence-corrected chi connectivity index (χ2v) is 12.0. The zero-order chi connectivity index (χ0) is 32.0. The topological polar surface area (TPSA) is 112 Å². The van der Waals surface area contributed by atoms with Gasteiger partial charge in [-0.15, -0.1) is 13.2 Å². The smallest absolute Gasteiger partial charge is 0.309 e. The SMILES string of the molecule is C=CCCC[C@H](Cc1ccccc1)C(=O)OC[C@H](Cc1c[nH]c2ccccc12)NC(=O)[C@@H](CC=C)CC(=O)N1CCC[C@H]1CO. The van der Waals surface area contributed by atoms with E-state index in [1.165, 1.54) is 0 Å². The average Bonchev–Trinajstić information content (AvgIpc) is 3.71. The molecule has 4 atom stereocenters. The molecule has 2 aromatic carbocycles. The Balaban J connectivity index is 1.48. The number of carbonyl (C=O) groups is 3. The van der Waals surface area contributed by atoms with Gasteiger partial charge in [0.05, 0.1) is 30.5 Å². The number of nitrogens with zero attached hydrogens (tertiary/aromatic N) is 1. The van der Waals surface area contributed by atoms with Crippen LogP contribution in [-0.4, -0.2) is 64.6 Å². The van der Waals surface area contributed by atoms with Gasteiger partial charge in [-0.2, -0.15) is 0 Å². The molecule has 0 unspecified atom stereocenters. The van der Waals surface area contributed by atoms with Crippen molar-refractivity contribution >= 4 is 28.7 Å². The third kappa shape index (κ3) is 9.66. The van der Waals surface area contributed by atoms with Crippen molar-refractivity contribution in [1.82, 2.24) is 15.2 Å². The number of aliphatic hydroxyl groups excluding tert-OH is 1. The lowest BCUT2D eigenvalue weighted by Gasteiger charge is -2.26. The van der Waals surface area contributed by atoms with Gasteiger partial charge in [0.1, 0.15) is 6.61 Å². The maximum Gasteiger partial charge on any atom is 0.309 e. The molecule has 1 saturated heterocycles. The Bertz CT molecular complexity index is 1420. The first-order valence-electron chi connectivity index (χ1n) is 16.1. The largest absolute Gasteiger partial charge is 0.463 e. The molecule has 0 saturated carbocycles. The van der Waals surface area contributed by atoms with Crippen LogP contribution in [-0.2, 0) is 32.0 Å². The molecule has 1 fully saturated rings. The number of para-hydroxylation sites is 1. The number of aromatic amines is 1. The number of aliphatic hydroxyl groups is 1. The van der Waals surface area contributed by atoms with Crippen molar-refractivity contribution in [3.8, 4) is 0 Å². The third-order valence-corrected chi connectivity index (χ3v) is 8.68. The number of esters is 1. The highest BCUT2D eigenvalue weighted by Gasteiger charge is 2.32. The summed E-state index contributed by atoms with van der Waals surface area (Å²) in [6.07, 6.45) is 10.7. The Labute approximate surface area is 266 Å². The van der Waals surface area contributed by atoms with Crippen molar-refractivity contribution in [2.75, 3.05) is 19.8 Å². The fourth-order valence-corrected chi connectivity index (χ4v) is 6.21. The molecule has 0 bridgehead atoms. The van der Waals surface area contributed by atoms with Crippen molar-refractivity contribution in [2.24, 2.45) is 11.8 Å². The van der Waals surface area contributed by atoms with Crippen LogP contribution in [0.5, 0.6) is 0 Å². The first-order chi connectivity index (χ1) is 21.9. The molecule has 0 aliphatic carbocycles. The van der Waals surface area contributed by atoms with Gasteiger partial charge in [-0.25, -0.2) is 0 Å².